The second-order valence-electron chi connectivity index (χ2n) is 14.5. The topological polar surface area (TPSA) is 9.86 Å². The van der Waals surface area contributed by atoms with Crippen molar-refractivity contribution in [2.45, 2.75) is 0 Å². The number of nitrogens with zero attached hydrogens (tertiary/aromatic N) is 2. The average Bonchev–Trinajstić information content (AvgIpc) is 3.80. The van der Waals surface area contributed by atoms with E-state index in [1.54, 1.807) is 0 Å². The van der Waals surface area contributed by atoms with Crippen LogP contribution in [0.3, 0.4) is 0 Å². The fourth-order valence-electron chi connectivity index (χ4n) is 8.75. The highest BCUT2D eigenvalue weighted by Gasteiger charge is 2.21. The molecule has 56 heavy (non-hydrogen) atoms. The first-order chi connectivity index (χ1) is 27.8. The molecule has 11 aromatic rings. The maximum Gasteiger partial charge on any atom is 0.0625 e. The van der Waals surface area contributed by atoms with Crippen LogP contribution >= 0.6 is 0 Å². The molecule has 0 amide bonds. The summed E-state index contributed by atoms with van der Waals surface area (Å²) >= 11 is 0. The SMILES string of the molecule is c1ccc(-c2ccc(-n3c4ccccc4c4cc(-c5ccc6c(c5)c5c(-c7ccccc7)ccc(-c7ccccc7)c5n6-c5ccccc5)ccc43)cc2)cc1. The fraction of sp³-hybridized carbons (Fsp3) is 0. The molecule has 0 spiro atoms. The van der Waals surface area contributed by atoms with Crippen molar-refractivity contribution < 1.29 is 0 Å². The standard InChI is InChI=1S/C54H36N2/c1-5-15-37(16-6-1)38-25-29-44(30-26-38)55-50-24-14-13-23-47(50)48-35-41(27-33-51(48)55)42-28-34-52-49(36-42)53-45(39-17-7-2-8-18-39)31-32-46(40-19-9-3-10-20-40)54(53)56(52)43-21-11-4-12-22-43/h1-36H. The van der Waals surface area contributed by atoms with Gasteiger partial charge in [0.15, 0.2) is 0 Å². The lowest BCUT2D eigenvalue weighted by molar-refractivity contribution is 1.18. The Labute approximate surface area is 325 Å². The highest BCUT2D eigenvalue weighted by molar-refractivity contribution is 6.20. The number of para-hydroxylation sites is 2. The van der Waals surface area contributed by atoms with E-state index >= 15 is 0 Å². The summed E-state index contributed by atoms with van der Waals surface area (Å²) in [7, 11) is 0. The number of rotatable bonds is 6. The Morgan fingerprint density at radius 2 is 0.696 bits per heavy atom. The van der Waals surface area contributed by atoms with Gasteiger partial charge in [-0.15, -0.1) is 0 Å². The molecule has 9 aromatic carbocycles. The first-order valence-electron chi connectivity index (χ1n) is 19.3. The molecule has 0 atom stereocenters. The van der Waals surface area contributed by atoms with Crippen LogP contribution in [0.25, 0.3) is 99.5 Å². The minimum absolute atomic E-state index is 1.15. The van der Waals surface area contributed by atoms with Crippen molar-refractivity contribution in [1.29, 1.82) is 0 Å². The summed E-state index contributed by atoms with van der Waals surface area (Å²) in [6.07, 6.45) is 0. The van der Waals surface area contributed by atoms with E-state index in [1.165, 1.54) is 88.1 Å². The highest BCUT2D eigenvalue weighted by Crippen LogP contribution is 2.45. The predicted molar refractivity (Wildman–Crippen MR) is 237 cm³/mol. The Bertz CT molecular complexity index is 3190. The molecule has 2 heteroatoms. The summed E-state index contributed by atoms with van der Waals surface area (Å²) in [5.74, 6) is 0. The van der Waals surface area contributed by atoms with Crippen LogP contribution in [0, 0.1) is 0 Å². The second kappa shape index (κ2) is 13.2. The van der Waals surface area contributed by atoms with Crippen LogP contribution in [0.5, 0.6) is 0 Å². The monoisotopic (exact) mass is 712 g/mol. The van der Waals surface area contributed by atoms with Crippen molar-refractivity contribution in [3.63, 3.8) is 0 Å². The molecule has 0 aliphatic heterocycles. The molecule has 0 radical (unpaired) electrons. The van der Waals surface area contributed by atoms with Crippen molar-refractivity contribution >= 4 is 43.6 Å². The third kappa shape index (κ3) is 5.19. The van der Waals surface area contributed by atoms with Gasteiger partial charge in [0.25, 0.3) is 0 Å². The van der Waals surface area contributed by atoms with Crippen LogP contribution in [0.2, 0.25) is 0 Å². The molecule has 0 aliphatic carbocycles. The third-order valence-corrected chi connectivity index (χ3v) is 11.3. The van der Waals surface area contributed by atoms with Crippen LogP contribution < -0.4 is 0 Å². The summed E-state index contributed by atoms with van der Waals surface area (Å²) in [6, 6.07) is 79.4. The van der Waals surface area contributed by atoms with Crippen molar-refractivity contribution in [2.24, 2.45) is 0 Å². The van der Waals surface area contributed by atoms with Crippen molar-refractivity contribution in [1.82, 2.24) is 9.13 Å². The van der Waals surface area contributed by atoms with E-state index in [-0.39, 0.29) is 0 Å². The van der Waals surface area contributed by atoms with Gasteiger partial charge in [-0.1, -0.05) is 164 Å². The van der Waals surface area contributed by atoms with Crippen LogP contribution in [0.1, 0.15) is 0 Å². The average molecular weight is 713 g/mol. The molecule has 2 heterocycles. The van der Waals surface area contributed by atoms with Crippen molar-refractivity contribution in [3.05, 3.63) is 218 Å². The third-order valence-electron chi connectivity index (χ3n) is 11.3. The summed E-state index contributed by atoms with van der Waals surface area (Å²) in [6.45, 7) is 0. The molecule has 0 bridgehead atoms. The van der Waals surface area contributed by atoms with Gasteiger partial charge < -0.3 is 9.13 Å². The summed E-state index contributed by atoms with van der Waals surface area (Å²) in [4.78, 5) is 0. The van der Waals surface area contributed by atoms with Crippen LogP contribution in [0.15, 0.2) is 218 Å². The van der Waals surface area contributed by atoms with Crippen LogP contribution in [0.4, 0.5) is 0 Å². The van der Waals surface area contributed by atoms with E-state index in [2.05, 4.69) is 228 Å². The molecule has 0 saturated heterocycles. The first-order valence-corrected chi connectivity index (χ1v) is 19.3. The lowest BCUT2D eigenvalue weighted by Gasteiger charge is -2.13. The number of aromatic nitrogens is 2. The Morgan fingerprint density at radius 1 is 0.250 bits per heavy atom. The fourth-order valence-corrected chi connectivity index (χ4v) is 8.75. The summed E-state index contributed by atoms with van der Waals surface area (Å²) in [5, 5.41) is 4.99. The number of benzene rings is 9. The lowest BCUT2D eigenvalue weighted by Crippen LogP contribution is -1.95. The molecule has 0 saturated carbocycles. The zero-order chi connectivity index (χ0) is 37.0. The Kier molecular flexibility index (Phi) is 7.53. The van der Waals surface area contributed by atoms with E-state index in [0.717, 1.165) is 11.4 Å². The van der Waals surface area contributed by atoms with Crippen LogP contribution in [-0.4, -0.2) is 9.13 Å². The molecule has 262 valence electrons. The molecule has 2 aromatic heterocycles. The molecule has 0 unspecified atom stereocenters. The Balaban J connectivity index is 1.14. The van der Waals surface area contributed by atoms with Crippen molar-refractivity contribution in [3.8, 4) is 55.9 Å². The molecule has 11 rings (SSSR count). The molecular weight excluding hydrogens is 677 g/mol. The van der Waals surface area contributed by atoms with Gasteiger partial charge in [-0.2, -0.15) is 0 Å². The van der Waals surface area contributed by atoms with Gasteiger partial charge in [0.1, 0.15) is 0 Å². The normalized spacial score (nSPS) is 11.6. The molecule has 0 fully saturated rings. The molecule has 2 nitrogen and oxygen atoms in total. The van der Waals surface area contributed by atoms with E-state index in [1.807, 2.05) is 0 Å². The largest absolute Gasteiger partial charge is 0.309 e. The van der Waals surface area contributed by atoms with Gasteiger partial charge >= 0.3 is 0 Å². The quantitative estimate of drug-likeness (QED) is 0.162. The van der Waals surface area contributed by atoms with Gasteiger partial charge in [-0.25, -0.2) is 0 Å². The van der Waals surface area contributed by atoms with E-state index < -0.39 is 0 Å². The van der Waals surface area contributed by atoms with Gasteiger partial charge in [-0.05, 0) is 93.5 Å². The molecule has 0 aliphatic rings. The molecular formula is C54H36N2. The number of hydrogen-bond acceptors (Lipinski definition) is 0. The van der Waals surface area contributed by atoms with Gasteiger partial charge in [0.05, 0.1) is 22.1 Å². The Morgan fingerprint density at radius 3 is 1.36 bits per heavy atom. The maximum atomic E-state index is 2.46. The van der Waals surface area contributed by atoms with Crippen molar-refractivity contribution in [2.75, 3.05) is 0 Å². The summed E-state index contributed by atoms with van der Waals surface area (Å²) in [5.41, 5.74) is 16.8. The Hall–Kier alpha value is -7.42. The van der Waals surface area contributed by atoms with Gasteiger partial charge in [-0.3, -0.25) is 0 Å². The predicted octanol–water partition coefficient (Wildman–Crippen LogP) is 14.5. The smallest absolute Gasteiger partial charge is 0.0625 e. The highest BCUT2D eigenvalue weighted by atomic mass is 15.0. The lowest BCUT2D eigenvalue weighted by atomic mass is 9.93. The minimum Gasteiger partial charge on any atom is -0.309 e. The van der Waals surface area contributed by atoms with E-state index in [9.17, 15) is 0 Å². The zero-order valence-electron chi connectivity index (χ0n) is 30.7. The maximum absolute atomic E-state index is 2.46. The first kappa shape index (κ1) is 32.0. The van der Waals surface area contributed by atoms with Gasteiger partial charge in [0, 0.05) is 38.5 Å². The van der Waals surface area contributed by atoms with E-state index in [0.29, 0.717) is 0 Å². The van der Waals surface area contributed by atoms with Gasteiger partial charge in [0.2, 0.25) is 0 Å². The zero-order valence-corrected chi connectivity index (χ0v) is 30.7. The number of hydrogen-bond donors (Lipinski definition) is 0. The second-order valence-corrected chi connectivity index (χ2v) is 14.5. The summed E-state index contributed by atoms with van der Waals surface area (Å²) < 4.78 is 4.86. The minimum atomic E-state index is 1.15. The number of fused-ring (bicyclic) bond motifs is 6. The van der Waals surface area contributed by atoms with E-state index in [4.69, 9.17) is 0 Å². The molecule has 0 N–H and O–H groups in total. The van der Waals surface area contributed by atoms with Crippen LogP contribution in [-0.2, 0) is 0 Å².